The van der Waals surface area contributed by atoms with E-state index in [1.807, 2.05) is 19.9 Å². The van der Waals surface area contributed by atoms with Crippen LogP contribution < -0.4 is 17.0 Å². The van der Waals surface area contributed by atoms with E-state index in [-0.39, 0.29) is 5.39 Å². The number of aromatic amines is 1. The molecule has 0 unspecified atom stereocenters. The Morgan fingerprint density at radius 2 is 1.50 bits per heavy atom. The predicted octanol–water partition coefficient (Wildman–Crippen LogP) is 2.28. The molecule has 0 saturated carbocycles. The highest BCUT2D eigenvalue weighted by molar-refractivity contribution is 7.89. The number of hydrogen-bond donors (Lipinski definition) is 2. The van der Waals surface area contributed by atoms with Crippen LogP contribution >= 0.6 is 0 Å². The van der Waals surface area contributed by atoms with E-state index in [9.17, 15) is 22.8 Å². The number of anilines is 1. The molecule has 0 spiro atoms. The number of aryl methyl sites for hydroxylation is 2. The number of carbonyl (C=O) groups excluding carboxylic acids is 1. The molecular weight excluding hydrogens is 562 g/mol. The number of ether oxygens (including phenoxy) is 1. The van der Waals surface area contributed by atoms with E-state index in [1.54, 1.807) is 48.9 Å². The van der Waals surface area contributed by atoms with Gasteiger partial charge in [0.25, 0.3) is 5.56 Å². The van der Waals surface area contributed by atoms with Gasteiger partial charge in [0.2, 0.25) is 0 Å². The van der Waals surface area contributed by atoms with Crippen molar-refractivity contribution in [2.24, 2.45) is 0 Å². The number of nitrogens with two attached hydrogens (primary N) is 1. The number of nitrogens with zero attached hydrogens (tertiary/aromatic N) is 5. The van der Waals surface area contributed by atoms with Crippen molar-refractivity contribution in [2.45, 2.75) is 19.7 Å². The minimum atomic E-state index is -3.54. The van der Waals surface area contributed by atoms with Gasteiger partial charge >= 0.3 is 11.7 Å². The normalized spacial score (nSPS) is 11.0. The van der Waals surface area contributed by atoms with Gasteiger partial charge in [-0.15, -0.1) is 0 Å². The SMILES string of the molecule is COC(=O)c1cc(-c2ccnnc2)c(C)cc1N.Cc1cc2[nH]c(=O)n(CS(C)(=O)=O)c(=O)c2cc1-c1ccnnc1. The Kier molecular flexibility index (Phi) is 8.57. The maximum atomic E-state index is 12.6. The van der Waals surface area contributed by atoms with Crippen molar-refractivity contribution < 1.29 is 17.9 Å². The highest BCUT2D eigenvalue weighted by atomic mass is 32.2. The summed E-state index contributed by atoms with van der Waals surface area (Å²) in [4.78, 5) is 38.8. The van der Waals surface area contributed by atoms with Crippen molar-refractivity contribution in [3.8, 4) is 22.3 Å². The van der Waals surface area contributed by atoms with Gasteiger partial charge in [0.05, 0.1) is 48.4 Å². The maximum absolute atomic E-state index is 12.6. The third kappa shape index (κ3) is 6.55. The van der Waals surface area contributed by atoms with Gasteiger partial charge in [-0.25, -0.2) is 22.6 Å². The summed E-state index contributed by atoms with van der Waals surface area (Å²) >= 11 is 0. The lowest BCUT2D eigenvalue weighted by atomic mass is 9.98. The van der Waals surface area contributed by atoms with Crippen LogP contribution in [0.3, 0.4) is 0 Å². The molecule has 0 bridgehead atoms. The molecule has 0 saturated heterocycles. The number of rotatable bonds is 5. The number of H-pyrrole nitrogens is 1. The van der Waals surface area contributed by atoms with Crippen molar-refractivity contribution in [1.29, 1.82) is 0 Å². The van der Waals surface area contributed by atoms with Gasteiger partial charge in [0, 0.05) is 23.1 Å². The molecule has 14 heteroatoms. The molecule has 2 aromatic carbocycles. The van der Waals surface area contributed by atoms with E-state index in [1.165, 1.54) is 13.3 Å². The zero-order valence-electron chi connectivity index (χ0n) is 23.2. The number of methoxy groups -OCH3 is 1. The molecule has 5 aromatic rings. The summed E-state index contributed by atoms with van der Waals surface area (Å²) < 4.78 is 28.3. The highest BCUT2D eigenvalue weighted by Crippen LogP contribution is 2.28. The largest absolute Gasteiger partial charge is 0.465 e. The van der Waals surface area contributed by atoms with Crippen LogP contribution in [-0.4, -0.2) is 57.7 Å². The number of esters is 1. The first-order valence-electron chi connectivity index (χ1n) is 12.4. The first-order chi connectivity index (χ1) is 19.9. The van der Waals surface area contributed by atoms with Crippen LogP contribution in [0.2, 0.25) is 0 Å². The van der Waals surface area contributed by atoms with E-state index < -0.39 is 32.9 Å². The van der Waals surface area contributed by atoms with E-state index in [2.05, 4.69) is 25.4 Å². The first kappa shape index (κ1) is 29.7. The van der Waals surface area contributed by atoms with Crippen LogP contribution in [0.5, 0.6) is 0 Å². The molecule has 0 atom stereocenters. The molecule has 0 aliphatic rings. The molecule has 0 fully saturated rings. The van der Waals surface area contributed by atoms with E-state index in [4.69, 9.17) is 10.5 Å². The monoisotopic (exact) mass is 589 g/mol. The van der Waals surface area contributed by atoms with E-state index >= 15 is 0 Å². The summed E-state index contributed by atoms with van der Waals surface area (Å²) in [6.45, 7) is 3.77. The minimum absolute atomic E-state index is 0.232. The summed E-state index contributed by atoms with van der Waals surface area (Å²) in [5, 5.41) is 15.3. The van der Waals surface area contributed by atoms with Crippen molar-refractivity contribution in [1.82, 2.24) is 29.9 Å². The van der Waals surface area contributed by atoms with E-state index in [0.717, 1.165) is 39.6 Å². The van der Waals surface area contributed by atoms with E-state index in [0.29, 0.717) is 21.3 Å². The van der Waals surface area contributed by atoms with Gasteiger partial charge in [-0.1, -0.05) is 0 Å². The smallest absolute Gasteiger partial charge is 0.339 e. The van der Waals surface area contributed by atoms with Gasteiger partial charge in [-0.3, -0.25) is 4.79 Å². The Bertz CT molecular complexity index is 2010. The Balaban J connectivity index is 0.000000201. The standard InChI is InChI=1S/C15H14N4O4S.C13H13N3O2/c1-9-5-13-12(6-11(9)10-3-4-16-17-7-10)14(20)19(15(21)18-13)8-24(2,22)23;1-8-5-12(14)11(13(17)18-2)6-10(8)9-3-4-15-16-7-9/h3-7H,8H2,1-2H3,(H,18,21);3-7H,14H2,1-2H3. The van der Waals surface area contributed by atoms with Crippen LogP contribution in [0.1, 0.15) is 21.5 Å². The zero-order valence-corrected chi connectivity index (χ0v) is 24.0. The molecule has 42 heavy (non-hydrogen) atoms. The van der Waals surface area contributed by atoms with Crippen LogP contribution in [0, 0.1) is 13.8 Å². The van der Waals surface area contributed by atoms with Crippen molar-refractivity contribution in [2.75, 3.05) is 19.1 Å². The Hall–Kier alpha value is -5.24. The minimum Gasteiger partial charge on any atom is -0.465 e. The van der Waals surface area contributed by atoms with Crippen LogP contribution in [0.15, 0.2) is 70.8 Å². The third-order valence-electron chi connectivity index (χ3n) is 6.28. The topological polar surface area (TPSA) is 193 Å². The number of aromatic nitrogens is 6. The summed E-state index contributed by atoms with van der Waals surface area (Å²) in [6, 6.07) is 10.3. The van der Waals surface area contributed by atoms with Gasteiger partial charge in [-0.2, -0.15) is 20.4 Å². The van der Waals surface area contributed by atoms with Gasteiger partial charge in [0.15, 0.2) is 9.84 Å². The first-order valence-corrected chi connectivity index (χ1v) is 14.4. The fraction of sp³-hybridized carbons (Fsp3) is 0.179. The van der Waals surface area contributed by atoms with Gasteiger partial charge in [0.1, 0.15) is 5.88 Å². The molecule has 216 valence electrons. The predicted molar refractivity (Wildman–Crippen MR) is 157 cm³/mol. The van der Waals surface area contributed by atoms with Crippen molar-refractivity contribution in [3.05, 3.63) is 98.7 Å². The number of nitrogen functional groups attached to an aromatic ring is 1. The lowest BCUT2D eigenvalue weighted by Crippen LogP contribution is -2.37. The quantitative estimate of drug-likeness (QED) is 0.226. The molecule has 0 radical (unpaired) electrons. The number of fused-ring (bicyclic) bond motifs is 1. The second-order valence-corrected chi connectivity index (χ2v) is 11.5. The van der Waals surface area contributed by atoms with Crippen LogP contribution in [0.4, 0.5) is 5.69 Å². The maximum Gasteiger partial charge on any atom is 0.339 e. The Morgan fingerprint density at radius 3 is 2.02 bits per heavy atom. The second-order valence-electron chi connectivity index (χ2n) is 9.44. The van der Waals surface area contributed by atoms with Gasteiger partial charge < -0.3 is 15.5 Å². The lowest BCUT2D eigenvalue weighted by Gasteiger charge is -2.10. The Labute approximate surface area is 240 Å². The van der Waals surface area contributed by atoms with Crippen molar-refractivity contribution in [3.63, 3.8) is 0 Å². The molecular formula is C28H27N7O6S. The number of nitrogens with one attached hydrogen (secondary N) is 1. The molecule has 0 aliphatic carbocycles. The molecule has 3 N–H and O–H groups in total. The number of sulfone groups is 1. The summed E-state index contributed by atoms with van der Waals surface area (Å²) in [6.07, 6.45) is 7.30. The van der Waals surface area contributed by atoms with Crippen LogP contribution in [0.25, 0.3) is 33.2 Å². The summed E-state index contributed by atoms with van der Waals surface area (Å²) in [5.41, 5.74) is 10.6. The number of benzene rings is 2. The molecule has 3 heterocycles. The fourth-order valence-electron chi connectivity index (χ4n) is 4.30. The molecule has 13 nitrogen and oxygen atoms in total. The van der Waals surface area contributed by atoms with Crippen LogP contribution in [-0.2, 0) is 20.5 Å². The Morgan fingerprint density at radius 1 is 0.929 bits per heavy atom. The number of carbonyl (C=O) groups is 1. The molecule has 0 aliphatic heterocycles. The fourth-order valence-corrected chi connectivity index (χ4v) is 5.00. The van der Waals surface area contributed by atoms with Crippen molar-refractivity contribution >= 4 is 32.4 Å². The second kappa shape index (κ2) is 12.1. The lowest BCUT2D eigenvalue weighted by molar-refractivity contribution is 0.0602. The summed E-state index contributed by atoms with van der Waals surface area (Å²) in [5.74, 6) is -1.12. The molecule has 3 aromatic heterocycles. The number of hydrogen-bond acceptors (Lipinski definition) is 11. The molecule has 0 amide bonds. The third-order valence-corrected chi connectivity index (χ3v) is 7.01. The average Bonchev–Trinajstić information content (AvgIpc) is 2.95. The average molecular weight is 590 g/mol. The van der Waals surface area contributed by atoms with Gasteiger partial charge in [-0.05, 0) is 72.5 Å². The molecule has 5 rings (SSSR count). The summed E-state index contributed by atoms with van der Waals surface area (Å²) in [7, 11) is -2.21. The zero-order chi connectivity index (χ0) is 30.6. The highest BCUT2D eigenvalue weighted by Gasteiger charge is 2.15.